The number of rotatable bonds is 20. The Morgan fingerprint density at radius 2 is 1.51 bits per heavy atom. The number of nitrogens with two attached hydrogens (primary N) is 1. The van der Waals surface area contributed by atoms with Gasteiger partial charge in [-0.3, -0.25) is 22.7 Å². The van der Waals surface area contributed by atoms with Gasteiger partial charge in [0.1, 0.15) is 24.6 Å². The number of nitrogens with zero attached hydrogens (tertiary/aromatic N) is 3. The summed E-state index contributed by atoms with van der Waals surface area (Å²) < 4.78 is 79.0. The van der Waals surface area contributed by atoms with E-state index < -0.39 is 49.8 Å². The average Bonchev–Trinajstić information content (AvgIpc) is 3.54. The number of carbonyl (C=O) groups is 1. The number of H-pyrrole nitrogens is 1. The lowest BCUT2D eigenvalue weighted by Gasteiger charge is -2.19. The zero-order valence-electron chi connectivity index (χ0n) is 33.9. The van der Waals surface area contributed by atoms with Crippen molar-refractivity contribution in [3.05, 3.63) is 112 Å². The van der Waals surface area contributed by atoms with Crippen LogP contribution in [0, 0.1) is 6.92 Å². The second kappa shape index (κ2) is 26.1. The molecule has 2 atom stereocenters. The highest BCUT2D eigenvalue weighted by Gasteiger charge is 2.28. The lowest BCUT2D eigenvalue weighted by Crippen LogP contribution is -2.23. The first-order chi connectivity index (χ1) is 28.5. The van der Waals surface area contributed by atoms with Crippen molar-refractivity contribution in [2.24, 2.45) is 0 Å². The van der Waals surface area contributed by atoms with Crippen molar-refractivity contribution < 1.29 is 59.6 Å². The molecule has 61 heavy (non-hydrogen) atoms. The predicted molar refractivity (Wildman–Crippen MR) is 238 cm³/mol. The minimum atomic E-state index is -4.42. The van der Waals surface area contributed by atoms with Crippen LogP contribution in [0.15, 0.2) is 94.6 Å². The summed E-state index contributed by atoms with van der Waals surface area (Å²) in [5, 5.41) is 0.400. The normalized spacial score (nSPS) is 12.0. The van der Waals surface area contributed by atoms with Crippen LogP contribution in [0.3, 0.4) is 0 Å². The van der Waals surface area contributed by atoms with Crippen molar-refractivity contribution in [3.8, 4) is 6.01 Å². The fourth-order valence-corrected chi connectivity index (χ4v) is 8.25. The Labute approximate surface area is 365 Å². The number of ether oxygens (including phenoxy) is 3. The topological polar surface area (TPSA) is 271 Å². The van der Waals surface area contributed by atoms with E-state index in [-0.39, 0.29) is 69.9 Å². The van der Waals surface area contributed by atoms with Gasteiger partial charge in [0.2, 0.25) is 0 Å². The van der Waals surface area contributed by atoms with Crippen LogP contribution in [-0.2, 0) is 48.5 Å². The zero-order chi connectivity index (χ0) is 44.3. The molecule has 0 radical (unpaired) electrons. The number of halogens is 1. The summed E-state index contributed by atoms with van der Waals surface area (Å²) in [7, 11) is -10.4. The van der Waals surface area contributed by atoms with Gasteiger partial charge < -0.3 is 43.8 Å². The molecule has 2 heterocycles. The highest BCUT2D eigenvalue weighted by Crippen LogP contribution is 2.48. The molecule has 0 amide bonds. The lowest BCUT2D eigenvalue weighted by atomic mass is 10.1. The number of methoxy groups -OCH3 is 1. The Hall–Kier alpha value is -3.68. The number of Topliss-reactive ketones (excluding diaryl/α,β-unsaturated/α-hetero) is 1. The summed E-state index contributed by atoms with van der Waals surface area (Å²) >= 11 is 3.10. The third kappa shape index (κ3) is 17.9. The molecule has 5 N–H and O–H groups in total. The summed E-state index contributed by atoms with van der Waals surface area (Å²) in [5.74, 6) is 0.149. The number of aryl methyl sites for hydroxylation is 1. The number of benzene rings is 3. The predicted octanol–water partition coefficient (Wildman–Crippen LogP) is 5.87. The average molecular weight is 995 g/mol. The Kier molecular flexibility index (Phi) is 22.8. The molecule has 0 saturated carbocycles. The molecular weight excluding hydrogens is 943 g/mol. The van der Waals surface area contributed by atoms with Crippen LogP contribution in [0.4, 0.5) is 5.82 Å². The summed E-state index contributed by atoms with van der Waals surface area (Å²) in [6.45, 7) is 5.84. The fraction of sp³-hybridized carbons (Fsp3) is 0.351. The van der Waals surface area contributed by atoms with E-state index in [2.05, 4.69) is 30.9 Å². The Morgan fingerprint density at radius 1 is 0.918 bits per heavy atom. The lowest BCUT2D eigenvalue weighted by molar-refractivity contribution is 0.0618. The molecule has 0 aliphatic heterocycles. The number of anilines is 1. The minimum Gasteiger partial charge on any atom is -0.461 e. The number of imidazole rings is 1. The standard InChI is InChI=1S/C17H22N5O7P.C12H19O6PS.C8H7BrO.H3P/c1-27-7-8-28-16-20-14(18)13-15(21-16)22(17(23)19-13)9-12(29-10-30(24,25)26)11-5-3-2-4-6-11;1-4-16-19(13,17-5-2)10-18-20(14,15)12-8-6-11(3)7-9-12;9-6-8(10)7-4-2-1-3-5-7;/h2-6,12H,7-10H2,1H3,(H,19,23)(H2,18,20,21)(H2,24,25,26);6-9H,4-5,10H2,1-3H3;1-5H,6H2;1H3. The first-order valence-corrected chi connectivity index (χ1v) is 24.1. The number of nitrogens with one attached hydrogen (secondary N) is 1. The smallest absolute Gasteiger partial charge is 0.357 e. The van der Waals surface area contributed by atoms with Gasteiger partial charge in [-0.2, -0.15) is 28.3 Å². The molecular formula is C37H51BrN5O14P3S. The molecule has 2 aromatic heterocycles. The number of fused-ring (bicyclic) bond motifs is 1. The van der Waals surface area contributed by atoms with Crippen LogP contribution in [0.25, 0.3) is 11.2 Å². The molecule has 336 valence electrons. The third-order valence-corrected chi connectivity index (χ3v) is 11.9. The van der Waals surface area contributed by atoms with E-state index in [1.807, 2.05) is 37.3 Å². The fourth-order valence-electron chi connectivity index (χ4n) is 4.87. The maximum Gasteiger partial charge on any atom is 0.357 e. The molecule has 2 unspecified atom stereocenters. The van der Waals surface area contributed by atoms with Crippen molar-refractivity contribution in [2.45, 2.75) is 38.3 Å². The number of hydrogen-bond donors (Lipinski definition) is 4. The SMILES string of the molecule is CCOP(=O)(COS(=O)(=O)c1ccc(C)cc1)OCC.COCCOc1nc(N)c2[nH]c(=O)n(CC(OCP(=O)(O)O)c3ccccc3)c2n1.O=C(CBr)c1ccccc1.P. The Bertz CT molecular complexity index is 2360. The van der Waals surface area contributed by atoms with E-state index >= 15 is 0 Å². The highest BCUT2D eigenvalue weighted by atomic mass is 79.9. The molecule has 0 saturated heterocycles. The zero-order valence-corrected chi connectivity index (χ0v) is 39.5. The summed E-state index contributed by atoms with van der Waals surface area (Å²) in [5.41, 5.74) is 8.12. The number of ketones is 1. The van der Waals surface area contributed by atoms with E-state index in [4.69, 9.17) is 33.2 Å². The van der Waals surface area contributed by atoms with Gasteiger partial charge in [-0.25, -0.2) is 4.79 Å². The van der Waals surface area contributed by atoms with Crippen LogP contribution in [0.5, 0.6) is 6.01 Å². The molecule has 5 rings (SSSR count). The van der Waals surface area contributed by atoms with Gasteiger partial charge in [-0.1, -0.05) is 94.3 Å². The van der Waals surface area contributed by atoms with Gasteiger partial charge in [0.25, 0.3) is 10.1 Å². The number of nitrogen functional groups attached to an aromatic ring is 1. The van der Waals surface area contributed by atoms with Crippen molar-refractivity contribution >= 4 is 73.9 Å². The van der Waals surface area contributed by atoms with Crippen molar-refractivity contribution in [2.75, 3.05) is 57.3 Å². The molecule has 24 heteroatoms. The van der Waals surface area contributed by atoms with Gasteiger partial charge in [-0.05, 0) is 38.5 Å². The maximum atomic E-state index is 12.5. The van der Waals surface area contributed by atoms with Gasteiger partial charge >= 0.3 is 26.9 Å². The number of carbonyl (C=O) groups excluding carboxylic acids is 1. The van der Waals surface area contributed by atoms with E-state index in [1.165, 1.54) is 23.8 Å². The van der Waals surface area contributed by atoms with Gasteiger partial charge in [0, 0.05) is 12.7 Å². The van der Waals surface area contributed by atoms with E-state index in [9.17, 15) is 36.9 Å². The van der Waals surface area contributed by atoms with Gasteiger partial charge in [0.15, 0.2) is 23.6 Å². The number of aromatic nitrogens is 4. The first-order valence-electron chi connectivity index (χ1n) is 18.0. The van der Waals surface area contributed by atoms with Crippen LogP contribution in [0.2, 0.25) is 0 Å². The summed E-state index contributed by atoms with van der Waals surface area (Å²) in [4.78, 5) is 52.7. The van der Waals surface area contributed by atoms with Crippen LogP contribution in [0.1, 0.15) is 41.4 Å². The molecule has 5 aromatic rings. The van der Waals surface area contributed by atoms with Gasteiger partial charge in [0.05, 0.1) is 36.6 Å². The summed E-state index contributed by atoms with van der Waals surface area (Å²) in [6, 6.07) is 24.1. The molecule has 19 nitrogen and oxygen atoms in total. The van der Waals surface area contributed by atoms with E-state index in [0.29, 0.717) is 17.5 Å². The molecule has 0 bridgehead atoms. The number of aromatic amines is 1. The third-order valence-electron chi connectivity index (χ3n) is 7.66. The molecule has 0 fully saturated rings. The van der Waals surface area contributed by atoms with E-state index in [0.717, 1.165) is 11.1 Å². The Balaban J connectivity index is 0.000000355. The highest BCUT2D eigenvalue weighted by molar-refractivity contribution is 9.09. The molecule has 0 aliphatic rings. The van der Waals surface area contributed by atoms with Gasteiger partial charge in [-0.15, -0.1) is 0 Å². The van der Waals surface area contributed by atoms with Crippen molar-refractivity contribution in [3.63, 3.8) is 0 Å². The summed E-state index contributed by atoms with van der Waals surface area (Å²) in [6.07, 6.45) is -2.26. The van der Waals surface area contributed by atoms with Crippen molar-refractivity contribution in [1.82, 2.24) is 19.5 Å². The molecule has 0 spiro atoms. The number of hydrogen-bond acceptors (Lipinski definition) is 15. The van der Waals surface area contributed by atoms with Crippen LogP contribution < -0.4 is 16.2 Å². The quantitative estimate of drug-likeness (QED) is 0.0233. The number of alkyl halides is 1. The molecule has 0 aliphatic carbocycles. The maximum absolute atomic E-state index is 12.5. The second-order valence-corrected chi connectivity index (χ2v) is 18.0. The van der Waals surface area contributed by atoms with E-state index in [1.54, 1.807) is 56.3 Å². The van der Waals surface area contributed by atoms with Crippen LogP contribution >= 0.6 is 41.0 Å². The Morgan fingerprint density at radius 3 is 2.05 bits per heavy atom. The second-order valence-electron chi connectivity index (χ2n) is 12.2. The minimum absolute atomic E-state index is 0. The van der Waals surface area contributed by atoms with Crippen LogP contribution in [-0.4, -0.2) is 95.1 Å². The first kappa shape index (κ1) is 53.5. The monoisotopic (exact) mass is 993 g/mol. The largest absolute Gasteiger partial charge is 0.461 e. The molecule has 3 aromatic carbocycles. The van der Waals surface area contributed by atoms with Crippen molar-refractivity contribution in [1.29, 1.82) is 0 Å².